The van der Waals surface area contributed by atoms with Crippen LogP contribution in [0.15, 0.2) is 18.0 Å². The molecule has 0 saturated heterocycles. The van der Waals surface area contributed by atoms with Gasteiger partial charge in [-0.05, 0) is 34.6 Å². The molecule has 5 rings (SSSR count). The molecule has 12 nitrogen and oxygen atoms in total. The SMILES string of the molecule is CCNC(=O)c1oc2nn(C)c(C)c2c1C.Cc1c(-c2n[nH]c(=O)o2)oc2nn(C)c(C)c12. The Hall–Kier alpha value is -4.09. The van der Waals surface area contributed by atoms with Crippen molar-refractivity contribution in [2.45, 2.75) is 34.6 Å². The molecule has 0 bridgehead atoms. The lowest BCUT2D eigenvalue weighted by Crippen LogP contribution is -2.22. The summed E-state index contributed by atoms with van der Waals surface area (Å²) in [5.41, 5.74) is 4.76. The second kappa shape index (κ2) is 8.11. The van der Waals surface area contributed by atoms with Crippen molar-refractivity contribution in [1.82, 2.24) is 35.1 Å². The van der Waals surface area contributed by atoms with E-state index < -0.39 is 5.76 Å². The zero-order chi connectivity index (χ0) is 24.0. The molecule has 0 unspecified atom stereocenters. The summed E-state index contributed by atoms with van der Waals surface area (Å²) >= 11 is 0. The van der Waals surface area contributed by atoms with Gasteiger partial charge in [0.15, 0.2) is 11.5 Å². The van der Waals surface area contributed by atoms with Gasteiger partial charge in [0.2, 0.25) is 11.4 Å². The molecule has 0 atom stereocenters. The van der Waals surface area contributed by atoms with Gasteiger partial charge in [-0.25, -0.2) is 9.89 Å². The number of amides is 1. The van der Waals surface area contributed by atoms with Crippen molar-refractivity contribution < 1.29 is 18.0 Å². The molecule has 1 amide bonds. The summed E-state index contributed by atoms with van der Waals surface area (Å²) in [6.07, 6.45) is 0. The molecule has 174 valence electrons. The number of nitrogens with one attached hydrogen (secondary N) is 2. The van der Waals surface area contributed by atoms with E-state index in [9.17, 15) is 9.59 Å². The number of carbonyl (C=O) groups excluding carboxylic acids is 1. The monoisotopic (exact) mass is 455 g/mol. The number of rotatable bonds is 3. The molecule has 0 aliphatic rings. The highest BCUT2D eigenvalue weighted by atomic mass is 16.4. The smallest absolute Gasteiger partial charge is 0.431 e. The lowest BCUT2D eigenvalue weighted by Gasteiger charge is -1.99. The standard InChI is InChI=1S/C11H15N3O2.C10H10N4O3/c1-5-12-10(15)9-6(2)8-7(3)14(4)13-11(8)16-9;1-4-6-5(2)14(3)13-8(6)16-7(4)9-11-12-10(15)17-9/h5H2,1-4H3,(H,12,15);1-3H3,(H,12,15). The van der Waals surface area contributed by atoms with Crippen LogP contribution in [0, 0.1) is 27.7 Å². The molecule has 5 heterocycles. The predicted molar refractivity (Wildman–Crippen MR) is 119 cm³/mol. The van der Waals surface area contributed by atoms with Gasteiger partial charge in [0.05, 0.1) is 10.8 Å². The number of nitrogens with zero attached hydrogens (tertiary/aromatic N) is 5. The molecule has 0 saturated carbocycles. The summed E-state index contributed by atoms with van der Waals surface area (Å²) in [6, 6.07) is 0. The van der Waals surface area contributed by atoms with E-state index in [4.69, 9.17) is 13.3 Å². The van der Waals surface area contributed by atoms with Gasteiger partial charge in [-0.1, -0.05) is 0 Å². The third-order valence-electron chi connectivity index (χ3n) is 5.61. The van der Waals surface area contributed by atoms with Crippen LogP contribution < -0.4 is 11.1 Å². The Morgan fingerprint density at radius 1 is 0.939 bits per heavy atom. The van der Waals surface area contributed by atoms with Gasteiger partial charge in [-0.3, -0.25) is 14.2 Å². The Morgan fingerprint density at radius 3 is 2.00 bits per heavy atom. The number of H-pyrrole nitrogens is 1. The summed E-state index contributed by atoms with van der Waals surface area (Å²) in [4.78, 5) is 22.6. The molecule has 0 aromatic carbocycles. The lowest BCUT2D eigenvalue weighted by molar-refractivity contribution is 0.0929. The number of carbonyl (C=O) groups is 1. The van der Waals surface area contributed by atoms with Crippen molar-refractivity contribution in [3.05, 3.63) is 38.8 Å². The average molecular weight is 455 g/mol. The number of aromatic amines is 1. The maximum Gasteiger partial charge on any atom is 0.434 e. The van der Waals surface area contributed by atoms with Crippen molar-refractivity contribution in [2.24, 2.45) is 14.1 Å². The van der Waals surface area contributed by atoms with Crippen LogP contribution in [0.3, 0.4) is 0 Å². The van der Waals surface area contributed by atoms with Crippen molar-refractivity contribution in [2.75, 3.05) is 6.54 Å². The summed E-state index contributed by atoms with van der Waals surface area (Å²) < 4.78 is 19.4. The van der Waals surface area contributed by atoms with Crippen LogP contribution in [0.1, 0.15) is 40.0 Å². The van der Waals surface area contributed by atoms with E-state index >= 15 is 0 Å². The number of furan rings is 2. The minimum Gasteiger partial charge on any atom is -0.431 e. The normalized spacial score (nSPS) is 11.2. The molecule has 12 heteroatoms. The van der Waals surface area contributed by atoms with E-state index in [1.165, 1.54) is 0 Å². The van der Waals surface area contributed by atoms with Crippen molar-refractivity contribution in [3.8, 4) is 11.7 Å². The van der Waals surface area contributed by atoms with E-state index in [-0.39, 0.29) is 11.8 Å². The third-order valence-corrected chi connectivity index (χ3v) is 5.61. The summed E-state index contributed by atoms with van der Waals surface area (Å²) in [5.74, 6) is 0.158. The van der Waals surface area contributed by atoms with Crippen LogP contribution in [0.25, 0.3) is 33.9 Å². The van der Waals surface area contributed by atoms with Gasteiger partial charge in [0.1, 0.15) is 0 Å². The molecular weight excluding hydrogens is 430 g/mol. The minimum absolute atomic E-state index is 0.146. The predicted octanol–water partition coefficient (Wildman–Crippen LogP) is 2.66. The maximum atomic E-state index is 11.7. The third kappa shape index (κ3) is 3.62. The first-order chi connectivity index (χ1) is 15.6. The van der Waals surface area contributed by atoms with E-state index in [1.807, 2.05) is 48.7 Å². The van der Waals surface area contributed by atoms with Gasteiger partial charge in [-0.15, -0.1) is 15.3 Å². The molecule has 5 aromatic rings. The zero-order valence-corrected chi connectivity index (χ0v) is 19.5. The van der Waals surface area contributed by atoms with Gasteiger partial charge in [-0.2, -0.15) is 0 Å². The van der Waals surface area contributed by atoms with E-state index in [2.05, 4.69) is 25.7 Å². The van der Waals surface area contributed by atoms with Gasteiger partial charge in [0, 0.05) is 43.2 Å². The first kappa shape index (κ1) is 22.1. The number of hydrogen-bond donors (Lipinski definition) is 2. The Balaban J connectivity index is 0.000000157. The molecule has 0 radical (unpaired) electrons. The first-order valence-electron chi connectivity index (χ1n) is 10.3. The van der Waals surface area contributed by atoms with Crippen molar-refractivity contribution >= 4 is 28.1 Å². The fraction of sp³-hybridized carbons (Fsp3) is 0.381. The highest BCUT2D eigenvalue weighted by Crippen LogP contribution is 2.32. The Bertz CT molecular complexity index is 1540. The largest absolute Gasteiger partial charge is 0.434 e. The van der Waals surface area contributed by atoms with Gasteiger partial charge < -0.3 is 18.6 Å². The average Bonchev–Trinajstić information content (AvgIpc) is 3.53. The molecule has 0 fully saturated rings. The Kier molecular flexibility index (Phi) is 5.44. The first-order valence-corrected chi connectivity index (χ1v) is 10.3. The number of aryl methyl sites for hydroxylation is 6. The van der Waals surface area contributed by atoms with Crippen LogP contribution in [-0.4, -0.2) is 42.2 Å². The molecule has 0 aliphatic carbocycles. The highest BCUT2D eigenvalue weighted by molar-refractivity contribution is 5.98. The number of hydrogen-bond acceptors (Lipinski definition) is 8. The molecular formula is C21H25N7O5. The topological polar surface area (TPSA) is 150 Å². The second-order valence-corrected chi connectivity index (χ2v) is 7.67. The molecule has 2 N–H and O–H groups in total. The molecule has 0 aliphatic heterocycles. The van der Waals surface area contributed by atoms with Crippen LogP contribution in [-0.2, 0) is 14.1 Å². The van der Waals surface area contributed by atoms with Crippen LogP contribution in [0.4, 0.5) is 0 Å². The quantitative estimate of drug-likeness (QED) is 0.421. The van der Waals surface area contributed by atoms with Gasteiger partial charge in [0.25, 0.3) is 11.8 Å². The molecule has 33 heavy (non-hydrogen) atoms. The maximum absolute atomic E-state index is 11.7. The second-order valence-electron chi connectivity index (χ2n) is 7.67. The summed E-state index contributed by atoms with van der Waals surface area (Å²) in [6.45, 7) is 10.1. The van der Waals surface area contributed by atoms with E-state index in [1.54, 1.807) is 9.36 Å². The zero-order valence-electron chi connectivity index (χ0n) is 19.5. The molecule has 0 spiro atoms. The Morgan fingerprint density at radius 2 is 1.52 bits per heavy atom. The minimum atomic E-state index is -0.606. The van der Waals surface area contributed by atoms with Crippen LogP contribution >= 0.6 is 0 Å². The summed E-state index contributed by atoms with van der Waals surface area (Å²) in [7, 11) is 3.70. The fourth-order valence-electron chi connectivity index (χ4n) is 3.72. The lowest BCUT2D eigenvalue weighted by atomic mass is 10.2. The van der Waals surface area contributed by atoms with Gasteiger partial charge >= 0.3 is 5.76 Å². The number of fused-ring (bicyclic) bond motifs is 2. The van der Waals surface area contributed by atoms with E-state index in [0.29, 0.717) is 29.5 Å². The van der Waals surface area contributed by atoms with Crippen LogP contribution in [0.5, 0.6) is 0 Å². The van der Waals surface area contributed by atoms with E-state index in [0.717, 1.165) is 33.3 Å². The molecule has 5 aromatic heterocycles. The van der Waals surface area contributed by atoms with Crippen molar-refractivity contribution in [1.29, 1.82) is 0 Å². The van der Waals surface area contributed by atoms with Crippen molar-refractivity contribution in [3.63, 3.8) is 0 Å². The van der Waals surface area contributed by atoms with Crippen LogP contribution in [0.2, 0.25) is 0 Å². The fourth-order valence-corrected chi connectivity index (χ4v) is 3.72. The number of aromatic nitrogens is 6. The summed E-state index contributed by atoms with van der Waals surface area (Å²) in [5, 5.41) is 18.9. The Labute approximate surface area is 187 Å². The highest BCUT2D eigenvalue weighted by Gasteiger charge is 2.22.